The standard InChI is InChI=1S/C23H27FN4O/c1-18-13-21(7-8-22(18)24)15-26-23(29)17-28-10-2-9-27(11-12-28)16-20-5-3-19(14-25)4-6-20/h3-8,13H,2,9-12,15-17H2,1H3,(H,26,29). The molecular weight excluding hydrogens is 367 g/mol. The van der Waals surface area contributed by atoms with Gasteiger partial charge in [0.25, 0.3) is 0 Å². The van der Waals surface area contributed by atoms with Gasteiger partial charge in [-0.3, -0.25) is 14.6 Å². The fourth-order valence-electron chi connectivity index (χ4n) is 3.56. The SMILES string of the molecule is Cc1cc(CNC(=O)CN2CCCN(Cc3ccc(C#N)cc3)CC2)ccc1F. The number of carbonyl (C=O) groups is 1. The largest absolute Gasteiger partial charge is 0.351 e. The van der Waals surface area contributed by atoms with Gasteiger partial charge in [0.05, 0.1) is 18.2 Å². The van der Waals surface area contributed by atoms with Crippen LogP contribution >= 0.6 is 0 Å². The zero-order valence-corrected chi connectivity index (χ0v) is 16.8. The number of nitriles is 1. The Bertz CT molecular complexity index is 875. The van der Waals surface area contributed by atoms with Gasteiger partial charge in [0, 0.05) is 26.2 Å². The molecule has 0 unspecified atom stereocenters. The number of aryl methyl sites for hydroxylation is 1. The monoisotopic (exact) mass is 394 g/mol. The molecule has 1 N–H and O–H groups in total. The van der Waals surface area contributed by atoms with E-state index in [0.29, 0.717) is 24.2 Å². The number of rotatable bonds is 6. The van der Waals surface area contributed by atoms with Gasteiger partial charge >= 0.3 is 0 Å². The molecule has 6 heteroatoms. The lowest BCUT2D eigenvalue weighted by atomic mass is 10.1. The molecule has 2 aromatic rings. The van der Waals surface area contributed by atoms with Crippen molar-refractivity contribution in [2.45, 2.75) is 26.4 Å². The maximum Gasteiger partial charge on any atom is 0.234 e. The van der Waals surface area contributed by atoms with Crippen LogP contribution in [0.1, 0.15) is 28.7 Å². The summed E-state index contributed by atoms with van der Waals surface area (Å²) in [4.78, 5) is 16.9. The Labute approximate surface area is 171 Å². The zero-order chi connectivity index (χ0) is 20.6. The van der Waals surface area contributed by atoms with Gasteiger partial charge in [-0.2, -0.15) is 5.26 Å². The van der Waals surface area contributed by atoms with Crippen LogP contribution in [0, 0.1) is 24.1 Å². The predicted octanol–water partition coefficient (Wildman–Crippen LogP) is 2.83. The van der Waals surface area contributed by atoms with Crippen LogP contribution in [0.15, 0.2) is 42.5 Å². The van der Waals surface area contributed by atoms with Gasteiger partial charge in [-0.15, -0.1) is 0 Å². The van der Waals surface area contributed by atoms with Crippen LogP contribution in [-0.4, -0.2) is 48.4 Å². The quantitative estimate of drug-likeness (QED) is 0.819. The van der Waals surface area contributed by atoms with E-state index >= 15 is 0 Å². The third-order valence-electron chi connectivity index (χ3n) is 5.25. The molecule has 0 aromatic heterocycles. The fourth-order valence-corrected chi connectivity index (χ4v) is 3.56. The molecule has 0 aliphatic carbocycles. The van der Waals surface area contributed by atoms with Crippen LogP contribution in [-0.2, 0) is 17.9 Å². The lowest BCUT2D eigenvalue weighted by molar-refractivity contribution is -0.122. The highest BCUT2D eigenvalue weighted by atomic mass is 19.1. The number of benzene rings is 2. The maximum atomic E-state index is 13.3. The number of hydrogen-bond acceptors (Lipinski definition) is 4. The second-order valence-electron chi connectivity index (χ2n) is 7.57. The van der Waals surface area contributed by atoms with E-state index < -0.39 is 0 Å². The van der Waals surface area contributed by atoms with Crippen molar-refractivity contribution in [2.75, 3.05) is 32.7 Å². The molecule has 1 aliphatic rings. The summed E-state index contributed by atoms with van der Waals surface area (Å²) in [6, 6.07) is 14.8. The molecule has 0 spiro atoms. The van der Waals surface area contributed by atoms with Crippen molar-refractivity contribution < 1.29 is 9.18 Å². The lowest BCUT2D eigenvalue weighted by Gasteiger charge is -2.21. The number of amides is 1. The molecule has 0 saturated carbocycles. The van der Waals surface area contributed by atoms with Gasteiger partial charge in [0.1, 0.15) is 5.82 Å². The van der Waals surface area contributed by atoms with Crippen molar-refractivity contribution in [3.8, 4) is 6.07 Å². The summed E-state index contributed by atoms with van der Waals surface area (Å²) in [7, 11) is 0. The first kappa shape index (κ1) is 21.0. The number of nitrogens with one attached hydrogen (secondary N) is 1. The smallest absolute Gasteiger partial charge is 0.234 e. The molecule has 29 heavy (non-hydrogen) atoms. The van der Waals surface area contributed by atoms with E-state index in [-0.39, 0.29) is 11.7 Å². The highest BCUT2D eigenvalue weighted by Gasteiger charge is 2.17. The van der Waals surface area contributed by atoms with E-state index in [1.165, 1.54) is 11.6 Å². The maximum absolute atomic E-state index is 13.3. The van der Waals surface area contributed by atoms with Gasteiger partial charge in [0.2, 0.25) is 5.91 Å². The summed E-state index contributed by atoms with van der Waals surface area (Å²) >= 11 is 0. The molecule has 3 rings (SSSR count). The number of carbonyl (C=O) groups excluding carboxylic acids is 1. The van der Waals surface area contributed by atoms with Gasteiger partial charge in [-0.1, -0.05) is 24.3 Å². The van der Waals surface area contributed by atoms with E-state index in [9.17, 15) is 9.18 Å². The number of halogens is 1. The van der Waals surface area contributed by atoms with Crippen LogP contribution < -0.4 is 5.32 Å². The summed E-state index contributed by atoms with van der Waals surface area (Å²) in [5.41, 5.74) is 3.37. The molecule has 1 heterocycles. The Morgan fingerprint density at radius 3 is 2.48 bits per heavy atom. The summed E-state index contributed by atoms with van der Waals surface area (Å²) in [6.07, 6.45) is 1.01. The van der Waals surface area contributed by atoms with E-state index in [1.807, 2.05) is 24.3 Å². The Balaban J connectivity index is 1.43. The molecule has 1 fully saturated rings. The predicted molar refractivity (Wildman–Crippen MR) is 110 cm³/mol. The van der Waals surface area contributed by atoms with Crippen molar-refractivity contribution in [1.82, 2.24) is 15.1 Å². The molecule has 0 radical (unpaired) electrons. The average Bonchev–Trinajstić information content (AvgIpc) is 2.94. The summed E-state index contributed by atoms with van der Waals surface area (Å²) in [5, 5.41) is 11.8. The highest BCUT2D eigenvalue weighted by Crippen LogP contribution is 2.11. The Morgan fingerprint density at radius 1 is 1.07 bits per heavy atom. The molecule has 1 saturated heterocycles. The van der Waals surface area contributed by atoms with Crippen molar-refractivity contribution in [1.29, 1.82) is 5.26 Å². The van der Waals surface area contributed by atoms with Crippen LogP contribution in [0.2, 0.25) is 0 Å². The Kier molecular flexibility index (Phi) is 7.34. The molecule has 2 aromatic carbocycles. The van der Waals surface area contributed by atoms with Gasteiger partial charge in [-0.25, -0.2) is 4.39 Å². The minimum absolute atomic E-state index is 0.00693. The third kappa shape index (κ3) is 6.38. The van der Waals surface area contributed by atoms with Crippen LogP contribution in [0.5, 0.6) is 0 Å². The molecule has 5 nitrogen and oxygen atoms in total. The van der Waals surface area contributed by atoms with Crippen molar-refractivity contribution in [3.05, 3.63) is 70.5 Å². The van der Waals surface area contributed by atoms with Gasteiger partial charge in [0.15, 0.2) is 0 Å². The first-order valence-corrected chi connectivity index (χ1v) is 9.99. The lowest BCUT2D eigenvalue weighted by Crippen LogP contribution is -2.39. The van der Waals surface area contributed by atoms with Crippen molar-refractivity contribution in [3.63, 3.8) is 0 Å². The van der Waals surface area contributed by atoms with E-state index in [2.05, 4.69) is 21.2 Å². The van der Waals surface area contributed by atoms with Crippen LogP contribution in [0.3, 0.4) is 0 Å². The summed E-state index contributed by atoms with van der Waals surface area (Å²) < 4.78 is 13.3. The second-order valence-corrected chi connectivity index (χ2v) is 7.57. The van der Waals surface area contributed by atoms with Crippen molar-refractivity contribution >= 4 is 5.91 Å². The normalized spacial score (nSPS) is 15.5. The van der Waals surface area contributed by atoms with Gasteiger partial charge < -0.3 is 5.32 Å². The van der Waals surface area contributed by atoms with E-state index in [0.717, 1.165) is 44.7 Å². The minimum Gasteiger partial charge on any atom is -0.351 e. The molecule has 1 aliphatic heterocycles. The molecule has 0 bridgehead atoms. The number of hydrogen-bond donors (Lipinski definition) is 1. The van der Waals surface area contributed by atoms with Gasteiger partial charge in [-0.05, 0) is 61.3 Å². The first-order valence-electron chi connectivity index (χ1n) is 9.99. The number of nitrogens with zero attached hydrogens (tertiary/aromatic N) is 3. The molecule has 0 atom stereocenters. The molecular formula is C23H27FN4O. The zero-order valence-electron chi connectivity index (χ0n) is 16.8. The second kappa shape index (κ2) is 10.1. The van der Waals surface area contributed by atoms with Crippen LogP contribution in [0.25, 0.3) is 0 Å². The highest BCUT2D eigenvalue weighted by molar-refractivity contribution is 5.78. The summed E-state index contributed by atoms with van der Waals surface area (Å²) in [6.45, 7) is 7.02. The average molecular weight is 394 g/mol. The Hall–Kier alpha value is -2.75. The summed E-state index contributed by atoms with van der Waals surface area (Å²) in [5.74, 6) is -0.234. The first-order chi connectivity index (χ1) is 14.0. The third-order valence-corrected chi connectivity index (χ3v) is 5.25. The molecule has 1 amide bonds. The van der Waals surface area contributed by atoms with Crippen LogP contribution in [0.4, 0.5) is 4.39 Å². The Morgan fingerprint density at radius 2 is 1.76 bits per heavy atom. The van der Waals surface area contributed by atoms with E-state index in [4.69, 9.17) is 5.26 Å². The minimum atomic E-state index is -0.227. The van der Waals surface area contributed by atoms with E-state index in [1.54, 1.807) is 19.1 Å². The topological polar surface area (TPSA) is 59.4 Å². The molecule has 152 valence electrons. The fraction of sp³-hybridized carbons (Fsp3) is 0.391. The van der Waals surface area contributed by atoms with Crippen molar-refractivity contribution in [2.24, 2.45) is 0 Å².